The first-order chi connectivity index (χ1) is 8.48. The van der Waals surface area contributed by atoms with Gasteiger partial charge in [-0.05, 0) is 26.2 Å². The summed E-state index contributed by atoms with van der Waals surface area (Å²) in [6, 6.07) is -0.199. The van der Waals surface area contributed by atoms with E-state index in [0.29, 0.717) is 19.4 Å². The number of hydrogen-bond donors (Lipinski definition) is 1. The Morgan fingerprint density at radius 1 is 1.33 bits per heavy atom. The third-order valence-electron chi connectivity index (χ3n) is 3.14. The molecule has 1 N–H and O–H groups in total. The fourth-order valence-corrected chi connectivity index (χ4v) is 3.63. The summed E-state index contributed by atoms with van der Waals surface area (Å²) < 4.78 is 27.7. The number of rotatable bonds is 6. The topological polar surface area (TPSA) is 72.5 Å². The van der Waals surface area contributed by atoms with Gasteiger partial charge in [0.15, 0.2) is 0 Å². The van der Waals surface area contributed by atoms with Gasteiger partial charge in [0.2, 0.25) is 0 Å². The summed E-state index contributed by atoms with van der Waals surface area (Å²) in [4.78, 5) is 11.7. The molecule has 1 aliphatic heterocycles. The predicted molar refractivity (Wildman–Crippen MR) is 70.1 cm³/mol. The third kappa shape index (κ3) is 4.94. The van der Waals surface area contributed by atoms with E-state index in [1.165, 1.54) is 0 Å². The van der Waals surface area contributed by atoms with Crippen LogP contribution in [0.15, 0.2) is 0 Å². The molecular weight excluding hydrogens is 254 g/mol. The molecule has 1 atom stereocenters. The van der Waals surface area contributed by atoms with Gasteiger partial charge in [0.05, 0.1) is 18.1 Å². The molecule has 0 amide bonds. The van der Waals surface area contributed by atoms with Crippen LogP contribution >= 0.6 is 0 Å². The van der Waals surface area contributed by atoms with Crippen LogP contribution < -0.4 is 5.32 Å². The molecule has 0 aromatic rings. The molecule has 0 aliphatic carbocycles. The molecule has 1 heterocycles. The van der Waals surface area contributed by atoms with Gasteiger partial charge < -0.3 is 10.1 Å². The highest BCUT2D eigenvalue weighted by Crippen LogP contribution is 2.14. The SMILES string of the molecule is CCCC(NC1CCS(=O)(=O)CC1)C(=O)OCC. The van der Waals surface area contributed by atoms with E-state index in [9.17, 15) is 13.2 Å². The molecule has 1 saturated heterocycles. The summed E-state index contributed by atoms with van der Waals surface area (Å²) >= 11 is 0. The van der Waals surface area contributed by atoms with Gasteiger partial charge in [-0.3, -0.25) is 4.79 Å². The average Bonchev–Trinajstić information content (AvgIpc) is 2.31. The van der Waals surface area contributed by atoms with Gasteiger partial charge in [0, 0.05) is 6.04 Å². The van der Waals surface area contributed by atoms with Crippen molar-refractivity contribution in [1.29, 1.82) is 0 Å². The lowest BCUT2D eigenvalue weighted by Crippen LogP contribution is -2.47. The molecule has 6 heteroatoms. The minimum atomic E-state index is -2.85. The zero-order valence-electron chi connectivity index (χ0n) is 11.1. The van der Waals surface area contributed by atoms with E-state index < -0.39 is 9.84 Å². The fraction of sp³-hybridized carbons (Fsp3) is 0.917. The number of carbonyl (C=O) groups is 1. The minimum Gasteiger partial charge on any atom is -0.465 e. The first kappa shape index (κ1) is 15.4. The standard InChI is InChI=1S/C12H23NO4S/c1-3-5-11(12(14)17-4-2)13-10-6-8-18(15,16)9-7-10/h10-11,13H,3-9H2,1-2H3. The Morgan fingerprint density at radius 2 is 1.94 bits per heavy atom. The number of nitrogens with one attached hydrogen (secondary N) is 1. The van der Waals surface area contributed by atoms with E-state index in [-0.39, 0.29) is 29.6 Å². The van der Waals surface area contributed by atoms with Crippen molar-refractivity contribution in [3.8, 4) is 0 Å². The Kier molecular flexibility index (Phi) is 6.08. The van der Waals surface area contributed by atoms with Gasteiger partial charge in [0.25, 0.3) is 0 Å². The lowest BCUT2D eigenvalue weighted by molar-refractivity contribution is -0.146. The third-order valence-corrected chi connectivity index (χ3v) is 4.86. The van der Waals surface area contributed by atoms with Crippen LogP contribution in [0.2, 0.25) is 0 Å². The minimum absolute atomic E-state index is 0.106. The van der Waals surface area contributed by atoms with Crippen molar-refractivity contribution in [3.05, 3.63) is 0 Å². The molecule has 1 rings (SSSR count). The van der Waals surface area contributed by atoms with Crippen LogP contribution in [0, 0.1) is 0 Å². The van der Waals surface area contributed by atoms with E-state index in [1.54, 1.807) is 6.92 Å². The van der Waals surface area contributed by atoms with E-state index in [2.05, 4.69) is 5.32 Å². The lowest BCUT2D eigenvalue weighted by atomic mass is 10.1. The zero-order valence-corrected chi connectivity index (χ0v) is 12.0. The molecule has 0 aromatic heterocycles. The Balaban J connectivity index is 2.49. The van der Waals surface area contributed by atoms with Gasteiger partial charge in [-0.15, -0.1) is 0 Å². The first-order valence-corrected chi connectivity index (χ1v) is 8.43. The van der Waals surface area contributed by atoms with Gasteiger partial charge in [-0.2, -0.15) is 0 Å². The number of sulfone groups is 1. The molecule has 0 radical (unpaired) electrons. The van der Waals surface area contributed by atoms with Crippen molar-refractivity contribution in [2.75, 3.05) is 18.1 Å². The Hall–Kier alpha value is -0.620. The van der Waals surface area contributed by atoms with Crippen LogP contribution in [0.5, 0.6) is 0 Å². The van der Waals surface area contributed by atoms with Crippen molar-refractivity contribution in [2.24, 2.45) is 0 Å². The molecule has 1 unspecified atom stereocenters. The largest absolute Gasteiger partial charge is 0.465 e. The summed E-state index contributed by atoms with van der Waals surface area (Å²) in [7, 11) is -2.85. The second-order valence-electron chi connectivity index (χ2n) is 4.69. The number of carbonyl (C=O) groups excluding carboxylic acids is 1. The van der Waals surface area contributed by atoms with Crippen molar-refractivity contribution in [3.63, 3.8) is 0 Å². The second-order valence-corrected chi connectivity index (χ2v) is 6.99. The molecule has 5 nitrogen and oxygen atoms in total. The predicted octanol–water partition coefficient (Wildman–Crippen LogP) is 0.885. The Bertz CT molecular complexity index is 352. The smallest absolute Gasteiger partial charge is 0.323 e. The monoisotopic (exact) mass is 277 g/mol. The average molecular weight is 277 g/mol. The number of ether oxygens (including phenoxy) is 1. The van der Waals surface area contributed by atoms with Crippen LogP contribution in [0.25, 0.3) is 0 Å². The molecule has 1 fully saturated rings. The van der Waals surface area contributed by atoms with Crippen molar-refractivity contribution >= 4 is 15.8 Å². The molecular formula is C12H23NO4S. The van der Waals surface area contributed by atoms with Crippen LogP contribution in [0.3, 0.4) is 0 Å². The highest BCUT2D eigenvalue weighted by molar-refractivity contribution is 7.91. The Morgan fingerprint density at radius 3 is 2.44 bits per heavy atom. The van der Waals surface area contributed by atoms with Gasteiger partial charge in [0.1, 0.15) is 15.9 Å². The molecule has 0 saturated carbocycles. The maximum atomic E-state index is 11.7. The van der Waals surface area contributed by atoms with Crippen LogP contribution in [-0.4, -0.2) is 44.6 Å². The second kappa shape index (κ2) is 7.09. The van der Waals surface area contributed by atoms with E-state index in [4.69, 9.17) is 4.74 Å². The normalized spacial score (nSPS) is 21.4. The Labute approximate surface area is 109 Å². The summed E-state index contributed by atoms with van der Waals surface area (Å²) in [6.07, 6.45) is 2.79. The van der Waals surface area contributed by atoms with E-state index in [1.807, 2.05) is 6.92 Å². The molecule has 18 heavy (non-hydrogen) atoms. The quantitative estimate of drug-likeness (QED) is 0.730. The molecule has 1 aliphatic rings. The maximum absolute atomic E-state index is 11.7. The zero-order chi connectivity index (χ0) is 13.6. The molecule has 0 spiro atoms. The van der Waals surface area contributed by atoms with Crippen molar-refractivity contribution in [1.82, 2.24) is 5.32 Å². The van der Waals surface area contributed by atoms with Crippen LogP contribution in [0.1, 0.15) is 39.5 Å². The summed E-state index contributed by atoms with van der Waals surface area (Å²) in [6.45, 7) is 4.17. The van der Waals surface area contributed by atoms with Crippen molar-refractivity contribution in [2.45, 2.75) is 51.6 Å². The molecule has 0 aromatic carbocycles. The highest BCUT2D eigenvalue weighted by Gasteiger charge is 2.27. The van der Waals surface area contributed by atoms with E-state index >= 15 is 0 Å². The highest BCUT2D eigenvalue weighted by atomic mass is 32.2. The first-order valence-electron chi connectivity index (χ1n) is 6.61. The summed E-state index contributed by atoms with van der Waals surface area (Å²) in [5.41, 5.74) is 0. The maximum Gasteiger partial charge on any atom is 0.323 e. The number of esters is 1. The van der Waals surface area contributed by atoms with Crippen molar-refractivity contribution < 1.29 is 17.9 Å². The lowest BCUT2D eigenvalue weighted by Gasteiger charge is -2.27. The number of hydrogen-bond acceptors (Lipinski definition) is 5. The van der Waals surface area contributed by atoms with Gasteiger partial charge in [-0.25, -0.2) is 8.42 Å². The van der Waals surface area contributed by atoms with Gasteiger partial charge in [-0.1, -0.05) is 13.3 Å². The fourth-order valence-electron chi connectivity index (χ4n) is 2.14. The van der Waals surface area contributed by atoms with E-state index in [0.717, 1.165) is 12.8 Å². The van der Waals surface area contributed by atoms with Crippen LogP contribution in [-0.2, 0) is 19.4 Å². The van der Waals surface area contributed by atoms with Gasteiger partial charge >= 0.3 is 5.97 Å². The summed E-state index contributed by atoms with van der Waals surface area (Å²) in [5.74, 6) is 0.200. The molecule has 106 valence electrons. The molecule has 0 bridgehead atoms. The summed E-state index contributed by atoms with van der Waals surface area (Å²) in [5, 5.41) is 3.24. The van der Waals surface area contributed by atoms with Crippen LogP contribution in [0.4, 0.5) is 0 Å².